The topological polar surface area (TPSA) is 67.8 Å². The van der Waals surface area contributed by atoms with E-state index in [1.54, 1.807) is 6.92 Å². The predicted molar refractivity (Wildman–Crippen MR) is 83.8 cm³/mol. The van der Waals surface area contributed by atoms with Crippen LogP contribution in [-0.2, 0) is 14.3 Å². The Balaban J connectivity index is 3.89. The summed E-state index contributed by atoms with van der Waals surface area (Å²) in [5.74, 6) is -0.539. The number of hydrogen-bond donors (Lipinski definition) is 2. The van der Waals surface area contributed by atoms with Crippen molar-refractivity contribution in [1.29, 1.82) is 0 Å². The van der Waals surface area contributed by atoms with Gasteiger partial charge in [0.15, 0.2) is 0 Å². The van der Waals surface area contributed by atoms with Crippen molar-refractivity contribution in [3.8, 4) is 0 Å². The number of carboxylic acids is 1. The van der Waals surface area contributed by atoms with E-state index in [-0.39, 0.29) is 12.9 Å². The highest BCUT2D eigenvalue weighted by atomic mass is 28.3. The van der Waals surface area contributed by atoms with Gasteiger partial charge < -0.3 is 19.9 Å². The third kappa shape index (κ3) is 10.4. The predicted octanol–water partition coefficient (Wildman–Crippen LogP) is 2.40. The van der Waals surface area contributed by atoms with Crippen LogP contribution in [0.3, 0.4) is 0 Å². The molecule has 0 rings (SSSR count). The second-order valence-electron chi connectivity index (χ2n) is 6.75. The molecule has 0 aromatic heterocycles. The molecule has 0 aliphatic heterocycles. The van der Waals surface area contributed by atoms with E-state index >= 15 is 0 Å². The highest BCUT2D eigenvalue weighted by Crippen LogP contribution is 2.09. The van der Waals surface area contributed by atoms with Crippen molar-refractivity contribution in [2.45, 2.75) is 58.6 Å². The Hall–Kier alpha value is -0.433. The molecule has 5 nitrogen and oxygen atoms in total. The summed E-state index contributed by atoms with van der Waals surface area (Å²) in [7, 11) is -1.06. The van der Waals surface area contributed by atoms with Gasteiger partial charge in [-0.2, -0.15) is 0 Å². The zero-order chi connectivity index (χ0) is 15.8. The Labute approximate surface area is 124 Å². The lowest BCUT2D eigenvalue weighted by molar-refractivity contribution is -0.139. The molecule has 0 aliphatic rings. The Bertz CT molecular complexity index is 279. The van der Waals surface area contributed by atoms with Gasteiger partial charge in [0.05, 0.1) is 6.10 Å². The third-order valence-electron chi connectivity index (χ3n) is 3.10. The van der Waals surface area contributed by atoms with E-state index < -0.39 is 20.1 Å². The molecule has 0 bridgehead atoms. The zero-order valence-corrected chi connectivity index (χ0v) is 14.7. The molecular formula is C14H31NO4Si. The zero-order valence-electron chi connectivity index (χ0n) is 13.7. The molecule has 0 saturated heterocycles. The minimum absolute atomic E-state index is 0.0383. The molecule has 120 valence electrons. The molecule has 0 aromatic rings. The number of carbonyl (C=O) groups is 1. The van der Waals surface area contributed by atoms with E-state index in [0.29, 0.717) is 12.5 Å². The third-order valence-corrected chi connectivity index (χ3v) is 4.81. The van der Waals surface area contributed by atoms with Gasteiger partial charge in [0.2, 0.25) is 0 Å². The lowest BCUT2D eigenvalue weighted by Gasteiger charge is -2.23. The van der Waals surface area contributed by atoms with Crippen LogP contribution in [0.4, 0.5) is 0 Å². The van der Waals surface area contributed by atoms with Crippen LogP contribution >= 0.6 is 0 Å². The summed E-state index contributed by atoms with van der Waals surface area (Å²) in [6, 6.07) is 0.560. The maximum Gasteiger partial charge on any atom is 0.320 e. The summed E-state index contributed by atoms with van der Waals surface area (Å²) < 4.78 is 11.2. The summed E-state index contributed by atoms with van der Waals surface area (Å²) in [5, 5.41) is 11.8. The first kappa shape index (κ1) is 19.6. The van der Waals surface area contributed by atoms with Gasteiger partial charge in [0.1, 0.15) is 12.8 Å². The fourth-order valence-electron chi connectivity index (χ4n) is 1.44. The Morgan fingerprint density at radius 1 is 1.25 bits per heavy atom. The first-order chi connectivity index (χ1) is 9.13. The largest absolute Gasteiger partial charge is 0.480 e. The smallest absolute Gasteiger partial charge is 0.320 e. The molecule has 0 aromatic carbocycles. The van der Waals surface area contributed by atoms with Gasteiger partial charge in [-0.3, -0.25) is 4.79 Å². The number of aliphatic carboxylic acids is 1. The standard InChI is InChI=1S/C14H31NO4Si/c1-11(2)13(9-15-12(3)14(16)17)19-10-18-7-8-20(4,5)6/h11-13,15H,7-10H2,1-6H3,(H,16,17)/t12-,13?/m0/s1. The number of hydrogen-bond acceptors (Lipinski definition) is 4. The maximum atomic E-state index is 10.8. The monoisotopic (exact) mass is 305 g/mol. The first-order valence-corrected chi connectivity index (χ1v) is 11.0. The summed E-state index contributed by atoms with van der Waals surface area (Å²) in [5.41, 5.74) is 0. The number of ether oxygens (including phenoxy) is 2. The van der Waals surface area contributed by atoms with E-state index in [0.717, 1.165) is 12.7 Å². The average Bonchev–Trinajstić information content (AvgIpc) is 2.30. The van der Waals surface area contributed by atoms with Gasteiger partial charge in [0, 0.05) is 21.2 Å². The SMILES string of the molecule is CC(C)C(CN[C@@H](C)C(=O)O)OCOCC[Si](C)(C)C. The van der Waals surface area contributed by atoms with Crippen LogP contribution in [0.25, 0.3) is 0 Å². The molecule has 0 aliphatic carbocycles. The molecule has 2 atom stereocenters. The van der Waals surface area contributed by atoms with Gasteiger partial charge >= 0.3 is 5.97 Å². The number of nitrogens with one attached hydrogen (secondary N) is 1. The van der Waals surface area contributed by atoms with Crippen molar-refractivity contribution >= 4 is 14.0 Å². The van der Waals surface area contributed by atoms with E-state index in [1.165, 1.54) is 0 Å². The van der Waals surface area contributed by atoms with Crippen LogP contribution in [0.2, 0.25) is 25.7 Å². The van der Waals surface area contributed by atoms with Crippen molar-refractivity contribution in [2.24, 2.45) is 5.92 Å². The lowest BCUT2D eigenvalue weighted by atomic mass is 10.1. The molecule has 20 heavy (non-hydrogen) atoms. The van der Waals surface area contributed by atoms with E-state index in [1.807, 2.05) is 0 Å². The number of rotatable bonds is 11. The fraction of sp³-hybridized carbons (Fsp3) is 0.929. The molecule has 0 spiro atoms. The van der Waals surface area contributed by atoms with Crippen LogP contribution < -0.4 is 5.32 Å². The molecule has 0 saturated carbocycles. The van der Waals surface area contributed by atoms with E-state index in [9.17, 15) is 4.79 Å². The van der Waals surface area contributed by atoms with Crippen molar-refractivity contribution in [1.82, 2.24) is 5.32 Å². The van der Waals surface area contributed by atoms with Crippen LogP contribution in [0.1, 0.15) is 20.8 Å². The Morgan fingerprint density at radius 3 is 2.30 bits per heavy atom. The molecular weight excluding hydrogens is 274 g/mol. The summed E-state index contributed by atoms with van der Waals surface area (Å²) >= 11 is 0. The maximum absolute atomic E-state index is 10.8. The van der Waals surface area contributed by atoms with Gasteiger partial charge in [-0.25, -0.2) is 0 Å². The van der Waals surface area contributed by atoms with Gasteiger partial charge in [0.25, 0.3) is 0 Å². The molecule has 0 heterocycles. The second-order valence-corrected chi connectivity index (χ2v) is 12.4. The van der Waals surface area contributed by atoms with Crippen LogP contribution in [0.15, 0.2) is 0 Å². The van der Waals surface area contributed by atoms with Crippen LogP contribution in [-0.4, -0.2) is 51.2 Å². The van der Waals surface area contributed by atoms with Gasteiger partial charge in [-0.05, 0) is 18.9 Å². The Kier molecular flexibility index (Phi) is 9.29. The fourth-order valence-corrected chi connectivity index (χ4v) is 2.20. The number of carboxylic acid groups (broad SMARTS) is 1. The first-order valence-electron chi connectivity index (χ1n) is 7.29. The van der Waals surface area contributed by atoms with Crippen LogP contribution in [0, 0.1) is 5.92 Å². The van der Waals surface area contributed by atoms with Crippen molar-refractivity contribution in [3.63, 3.8) is 0 Å². The molecule has 1 unspecified atom stereocenters. The van der Waals surface area contributed by atoms with Gasteiger partial charge in [-0.15, -0.1) is 0 Å². The minimum Gasteiger partial charge on any atom is -0.480 e. The average molecular weight is 305 g/mol. The van der Waals surface area contributed by atoms with Crippen molar-refractivity contribution in [3.05, 3.63) is 0 Å². The van der Waals surface area contributed by atoms with Crippen molar-refractivity contribution in [2.75, 3.05) is 19.9 Å². The van der Waals surface area contributed by atoms with E-state index in [2.05, 4.69) is 38.8 Å². The quantitative estimate of drug-likeness (QED) is 0.348. The normalized spacial score (nSPS) is 15.3. The molecule has 6 heteroatoms. The van der Waals surface area contributed by atoms with E-state index in [4.69, 9.17) is 14.6 Å². The summed E-state index contributed by atoms with van der Waals surface area (Å²) in [4.78, 5) is 10.8. The van der Waals surface area contributed by atoms with Crippen molar-refractivity contribution < 1.29 is 19.4 Å². The second kappa shape index (κ2) is 9.49. The molecule has 0 amide bonds. The van der Waals surface area contributed by atoms with Gasteiger partial charge in [-0.1, -0.05) is 33.5 Å². The highest BCUT2D eigenvalue weighted by molar-refractivity contribution is 6.76. The molecule has 0 radical (unpaired) electrons. The Morgan fingerprint density at radius 2 is 1.85 bits per heavy atom. The lowest BCUT2D eigenvalue weighted by Crippen LogP contribution is -2.41. The van der Waals surface area contributed by atoms with Crippen LogP contribution in [0.5, 0.6) is 0 Å². The summed E-state index contributed by atoms with van der Waals surface area (Å²) in [6.07, 6.45) is -0.0383. The highest BCUT2D eigenvalue weighted by Gasteiger charge is 2.18. The molecule has 2 N–H and O–H groups in total. The molecule has 0 fully saturated rings. The summed E-state index contributed by atoms with van der Waals surface area (Å²) in [6.45, 7) is 14.2. The minimum atomic E-state index is -1.06.